The normalized spacial score (nSPS) is 11.9. The van der Waals surface area contributed by atoms with E-state index in [1.165, 1.54) is 11.1 Å². The topological polar surface area (TPSA) is 65.6 Å². The average Bonchev–Trinajstić information content (AvgIpc) is 2.84. The molecule has 180 valence electrons. The van der Waals surface area contributed by atoms with Crippen molar-refractivity contribution in [3.05, 3.63) is 89.0 Å². The predicted octanol–water partition coefficient (Wildman–Crippen LogP) is 6.31. The predicted molar refractivity (Wildman–Crippen MR) is 152 cm³/mol. The van der Waals surface area contributed by atoms with Crippen molar-refractivity contribution in [1.29, 1.82) is 5.41 Å². The van der Waals surface area contributed by atoms with Gasteiger partial charge in [0.05, 0.1) is 6.61 Å². The minimum atomic E-state index is 0.203. The van der Waals surface area contributed by atoms with Crippen LogP contribution in [0, 0.1) is 12.3 Å². The highest BCUT2D eigenvalue weighted by molar-refractivity contribution is 7.19. The van der Waals surface area contributed by atoms with Gasteiger partial charge in [-0.3, -0.25) is 10.1 Å². The van der Waals surface area contributed by atoms with Crippen molar-refractivity contribution in [2.24, 2.45) is 0 Å². The largest absolute Gasteiger partial charge is 0.478 e. The zero-order valence-electron chi connectivity index (χ0n) is 20.3. The first-order chi connectivity index (χ1) is 16.3. The number of benzene rings is 3. The molecule has 0 heterocycles. The van der Waals surface area contributed by atoms with Crippen LogP contribution in [0.5, 0.6) is 0 Å². The standard InChI is InChI=1S/C27H36N4OP2/c1-4-32-27(29)22-9-13-25(14-10-22)31(34)24-11-6-21(7-12-24)15-16-30(33)18-20(3)23-8-5-19(2)26(28)17-23/h5-14,17,20,29H,4,15-16,18,28,33-34H2,1-3H3/t20-/m0/s1. The first-order valence-corrected chi connectivity index (χ1v) is 12.6. The number of ether oxygens (including phenoxy) is 1. The van der Waals surface area contributed by atoms with Crippen LogP contribution in [0.1, 0.15) is 42.0 Å². The number of rotatable bonds is 10. The molecule has 0 aromatic heterocycles. The first kappa shape index (κ1) is 26.2. The Morgan fingerprint density at radius 1 is 1.00 bits per heavy atom. The van der Waals surface area contributed by atoms with Gasteiger partial charge in [-0.25, -0.2) is 0 Å². The summed E-state index contributed by atoms with van der Waals surface area (Å²) in [4.78, 5) is 0. The average molecular weight is 495 g/mol. The summed E-state index contributed by atoms with van der Waals surface area (Å²) in [6.07, 6.45) is 0.984. The molecule has 0 aliphatic rings. The van der Waals surface area contributed by atoms with Crippen molar-refractivity contribution in [3.8, 4) is 0 Å². The molecule has 3 N–H and O–H groups in total. The number of hydrogen-bond acceptors (Lipinski definition) is 5. The van der Waals surface area contributed by atoms with Crippen LogP contribution in [0.25, 0.3) is 0 Å². The second-order valence-corrected chi connectivity index (χ2v) is 9.85. The lowest BCUT2D eigenvalue weighted by atomic mass is 9.99. The van der Waals surface area contributed by atoms with E-state index in [1.54, 1.807) is 0 Å². The van der Waals surface area contributed by atoms with Gasteiger partial charge in [0, 0.05) is 35.7 Å². The molecule has 34 heavy (non-hydrogen) atoms. The summed E-state index contributed by atoms with van der Waals surface area (Å²) >= 11 is 0. The quantitative estimate of drug-likeness (QED) is 0.150. The van der Waals surface area contributed by atoms with Gasteiger partial charge in [-0.2, -0.15) is 0 Å². The molecular formula is C27H36N4OP2. The number of anilines is 3. The number of hydrogen-bond donors (Lipinski definition) is 2. The molecule has 3 rings (SSSR count). The fraction of sp³-hybridized carbons (Fsp3) is 0.296. The van der Waals surface area contributed by atoms with E-state index >= 15 is 0 Å². The Morgan fingerprint density at radius 3 is 2.21 bits per heavy atom. The SMILES string of the molecule is CCOC(=N)c1ccc(N(P)c2ccc(CCN(P)C[C@H](C)c3ccc(C)c(N)c3)cc2)cc1. The van der Waals surface area contributed by atoms with E-state index in [0.29, 0.717) is 12.5 Å². The molecule has 0 aliphatic heterocycles. The fourth-order valence-electron chi connectivity index (χ4n) is 3.76. The zero-order valence-corrected chi connectivity index (χ0v) is 22.6. The summed E-state index contributed by atoms with van der Waals surface area (Å²) in [6.45, 7) is 8.60. The van der Waals surface area contributed by atoms with E-state index in [9.17, 15) is 0 Å². The van der Waals surface area contributed by atoms with Crippen LogP contribution in [0.3, 0.4) is 0 Å². The Hall–Kier alpha value is -2.45. The first-order valence-electron chi connectivity index (χ1n) is 11.6. The summed E-state index contributed by atoms with van der Waals surface area (Å²) < 4.78 is 9.64. The highest BCUT2D eigenvalue weighted by atomic mass is 31.0. The van der Waals surface area contributed by atoms with E-state index in [1.807, 2.05) is 38.1 Å². The van der Waals surface area contributed by atoms with Gasteiger partial charge in [0.2, 0.25) is 5.90 Å². The molecule has 5 nitrogen and oxygen atoms in total. The molecule has 0 saturated carbocycles. The van der Waals surface area contributed by atoms with E-state index < -0.39 is 0 Å². The van der Waals surface area contributed by atoms with Crippen molar-refractivity contribution in [1.82, 2.24) is 4.67 Å². The fourth-order valence-corrected chi connectivity index (χ4v) is 4.55. The van der Waals surface area contributed by atoms with Crippen molar-refractivity contribution >= 4 is 41.7 Å². The lowest BCUT2D eigenvalue weighted by Gasteiger charge is -2.22. The molecule has 0 amide bonds. The number of nitrogens with two attached hydrogens (primary N) is 1. The van der Waals surface area contributed by atoms with Gasteiger partial charge < -0.3 is 15.1 Å². The third kappa shape index (κ3) is 7.03. The third-order valence-electron chi connectivity index (χ3n) is 5.98. The Kier molecular flexibility index (Phi) is 9.47. The van der Waals surface area contributed by atoms with Crippen LogP contribution in [0.4, 0.5) is 17.1 Å². The van der Waals surface area contributed by atoms with Crippen LogP contribution in [-0.4, -0.2) is 30.3 Å². The minimum Gasteiger partial charge on any atom is -0.478 e. The Labute approximate surface area is 208 Å². The number of aryl methyl sites for hydroxylation is 1. The van der Waals surface area contributed by atoms with Gasteiger partial charge in [-0.15, -0.1) is 0 Å². The summed E-state index contributed by atoms with van der Waals surface area (Å²) in [7, 11) is 5.64. The molecule has 3 atom stereocenters. The van der Waals surface area contributed by atoms with Gasteiger partial charge in [-0.1, -0.05) is 40.6 Å². The molecule has 0 spiro atoms. The monoisotopic (exact) mass is 494 g/mol. The van der Waals surface area contributed by atoms with E-state index in [-0.39, 0.29) is 5.90 Å². The number of nitrogens with one attached hydrogen (secondary N) is 1. The second kappa shape index (κ2) is 12.3. The van der Waals surface area contributed by atoms with Crippen molar-refractivity contribution in [3.63, 3.8) is 0 Å². The Morgan fingerprint density at radius 2 is 1.62 bits per heavy atom. The maximum absolute atomic E-state index is 7.91. The van der Waals surface area contributed by atoms with E-state index in [0.717, 1.165) is 47.7 Å². The zero-order chi connectivity index (χ0) is 24.7. The van der Waals surface area contributed by atoms with Gasteiger partial charge in [0.25, 0.3) is 0 Å². The molecule has 3 aromatic carbocycles. The molecule has 0 radical (unpaired) electrons. The van der Waals surface area contributed by atoms with Crippen molar-refractivity contribution in [2.45, 2.75) is 33.1 Å². The van der Waals surface area contributed by atoms with Gasteiger partial charge in [0.15, 0.2) is 0 Å². The molecule has 0 aliphatic carbocycles. The van der Waals surface area contributed by atoms with Gasteiger partial charge >= 0.3 is 0 Å². The highest BCUT2D eigenvalue weighted by Gasteiger charge is 2.11. The van der Waals surface area contributed by atoms with Crippen molar-refractivity contribution < 1.29 is 4.74 Å². The maximum atomic E-state index is 7.91. The van der Waals surface area contributed by atoms with Crippen molar-refractivity contribution in [2.75, 3.05) is 30.1 Å². The van der Waals surface area contributed by atoms with Gasteiger partial charge in [0.1, 0.15) is 0 Å². The van der Waals surface area contributed by atoms with Crippen LogP contribution >= 0.6 is 18.8 Å². The summed E-state index contributed by atoms with van der Waals surface area (Å²) in [6, 6.07) is 22.9. The smallest absolute Gasteiger partial charge is 0.213 e. The molecule has 0 fully saturated rings. The maximum Gasteiger partial charge on any atom is 0.213 e. The van der Waals surface area contributed by atoms with E-state index in [2.05, 4.69) is 77.5 Å². The summed E-state index contributed by atoms with van der Waals surface area (Å²) in [5.74, 6) is 0.617. The van der Waals surface area contributed by atoms with Crippen LogP contribution in [0.2, 0.25) is 0 Å². The van der Waals surface area contributed by atoms with E-state index in [4.69, 9.17) is 15.9 Å². The molecule has 0 saturated heterocycles. The lowest BCUT2D eigenvalue weighted by Crippen LogP contribution is -2.20. The molecular weight excluding hydrogens is 458 g/mol. The van der Waals surface area contributed by atoms with Crippen LogP contribution in [0.15, 0.2) is 66.7 Å². The summed E-state index contributed by atoms with van der Waals surface area (Å²) in [5, 5.41) is 7.91. The lowest BCUT2D eigenvalue weighted by molar-refractivity contribution is 0.325. The highest BCUT2D eigenvalue weighted by Crippen LogP contribution is 2.30. The summed E-state index contributed by atoms with van der Waals surface area (Å²) in [5.41, 5.74) is 13.6. The molecule has 7 heteroatoms. The minimum absolute atomic E-state index is 0.203. The molecule has 0 bridgehead atoms. The molecule has 3 aromatic rings. The number of nitrogen functional groups attached to an aromatic ring is 1. The van der Waals surface area contributed by atoms with Crippen LogP contribution in [-0.2, 0) is 11.2 Å². The Bertz CT molecular complexity index is 1090. The number of nitrogens with zero attached hydrogens (tertiary/aromatic N) is 2. The molecule has 2 unspecified atom stereocenters. The third-order valence-corrected chi connectivity index (χ3v) is 7.04. The van der Waals surface area contributed by atoms with Crippen LogP contribution < -0.4 is 10.4 Å². The second-order valence-electron chi connectivity index (χ2n) is 8.61. The Balaban J connectivity index is 1.52. The van der Waals surface area contributed by atoms with Gasteiger partial charge in [-0.05, 0) is 94.7 Å².